The molecule has 0 heterocycles. The number of hydrogen-bond donors (Lipinski definition) is 1. The Balaban J connectivity index is 1.88. The molecular formula is C28H34ClN3O4S. The summed E-state index contributed by atoms with van der Waals surface area (Å²) in [5, 5.41) is 5.23. The first-order valence-corrected chi connectivity index (χ1v) is 14.2. The molecule has 0 saturated carbocycles. The average molecular weight is 544 g/mol. The van der Waals surface area contributed by atoms with Gasteiger partial charge in [-0.15, -0.1) is 0 Å². The van der Waals surface area contributed by atoms with Crippen LogP contribution in [-0.4, -0.2) is 55.1 Å². The summed E-state index contributed by atoms with van der Waals surface area (Å²) in [4.78, 5) is 28.2. The summed E-state index contributed by atoms with van der Waals surface area (Å²) in [5.74, 6) is -0.729. The Morgan fingerprint density at radius 1 is 0.946 bits per heavy atom. The number of sulfonamides is 1. The van der Waals surface area contributed by atoms with Crippen molar-refractivity contribution >= 4 is 44.2 Å². The zero-order valence-electron chi connectivity index (χ0n) is 21.6. The summed E-state index contributed by atoms with van der Waals surface area (Å²) in [6, 6.07) is 18.6. The predicted octanol–water partition coefficient (Wildman–Crippen LogP) is 4.84. The van der Waals surface area contributed by atoms with Crippen LogP contribution in [0.15, 0.2) is 71.6 Å². The Morgan fingerprint density at radius 3 is 2.22 bits per heavy atom. The second-order valence-corrected chi connectivity index (χ2v) is 11.6. The summed E-state index contributed by atoms with van der Waals surface area (Å²) in [6.45, 7) is 5.44. The van der Waals surface area contributed by atoms with Crippen LogP contribution in [0.4, 0.5) is 0 Å². The molecule has 2 amide bonds. The molecule has 3 rings (SSSR count). The lowest BCUT2D eigenvalue weighted by Crippen LogP contribution is -2.53. The molecule has 0 aliphatic carbocycles. The highest BCUT2D eigenvalue weighted by molar-refractivity contribution is 7.89. The maximum absolute atomic E-state index is 13.6. The Labute approximate surface area is 224 Å². The van der Waals surface area contributed by atoms with Gasteiger partial charge in [-0.05, 0) is 60.4 Å². The molecule has 0 bridgehead atoms. The second kappa shape index (κ2) is 12.5. The summed E-state index contributed by atoms with van der Waals surface area (Å²) in [7, 11) is -2.57. The molecule has 0 saturated heterocycles. The third-order valence-corrected chi connectivity index (χ3v) is 8.49. The lowest BCUT2D eigenvalue weighted by Gasteiger charge is -2.32. The van der Waals surface area contributed by atoms with Crippen molar-refractivity contribution in [3.8, 4) is 0 Å². The van der Waals surface area contributed by atoms with Gasteiger partial charge < -0.3 is 10.2 Å². The number of halogens is 1. The number of nitrogens with zero attached hydrogens (tertiary/aromatic N) is 2. The maximum atomic E-state index is 13.6. The number of nitrogens with one attached hydrogen (secondary N) is 1. The standard InChI is InChI=1S/C28H34ClN3O4S/c1-5-20(3)30-28(34)26(6-2)32(18-21-11-14-24(29)15-12-21)27(33)19-31(4)37(35,36)25-16-13-22-9-7-8-10-23(22)17-25/h7-17,20,26H,5-6,18-19H2,1-4H3,(H,30,34)/t20-,26-/m1/s1. The molecule has 0 spiro atoms. The fourth-order valence-electron chi connectivity index (χ4n) is 4.02. The zero-order valence-corrected chi connectivity index (χ0v) is 23.2. The number of fused-ring (bicyclic) bond motifs is 1. The largest absolute Gasteiger partial charge is 0.352 e. The third kappa shape index (κ3) is 7.09. The van der Waals surface area contributed by atoms with E-state index in [1.54, 1.807) is 42.5 Å². The zero-order chi connectivity index (χ0) is 27.2. The monoisotopic (exact) mass is 543 g/mol. The van der Waals surface area contributed by atoms with E-state index < -0.39 is 28.5 Å². The molecule has 3 aromatic carbocycles. The number of carbonyl (C=O) groups is 2. The smallest absolute Gasteiger partial charge is 0.243 e. The van der Waals surface area contributed by atoms with E-state index in [2.05, 4.69) is 5.32 Å². The first-order chi connectivity index (χ1) is 17.6. The van der Waals surface area contributed by atoms with Gasteiger partial charge in [0.2, 0.25) is 21.8 Å². The van der Waals surface area contributed by atoms with Crippen molar-refractivity contribution in [3.63, 3.8) is 0 Å². The highest BCUT2D eigenvalue weighted by Gasteiger charge is 2.32. The van der Waals surface area contributed by atoms with E-state index in [1.165, 1.54) is 11.9 Å². The molecule has 2 atom stereocenters. The van der Waals surface area contributed by atoms with E-state index in [4.69, 9.17) is 11.6 Å². The van der Waals surface area contributed by atoms with Gasteiger partial charge in [0.15, 0.2) is 0 Å². The van der Waals surface area contributed by atoms with Crippen molar-refractivity contribution in [1.82, 2.24) is 14.5 Å². The highest BCUT2D eigenvalue weighted by Crippen LogP contribution is 2.22. The quantitative estimate of drug-likeness (QED) is 0.375. The van der Waals surface area contributed by atoms with Crippen molar-refractivity contribution in [1.29, 1.82) is 0 Å². The first kappa shape index (κ1) is 28.6. The van der Waals surface area contributed by atoms with Crippen LogP contribution in [0.1, 0.15) is 39.2 Å². The highest BCUT2D eigenvalue weighted by atomic mass is 35.5. The minimum atomic E-state index is -3.95. The molecule has 9 heteroatoms. The van der Waals surface area contributed by atoms with Crippen molar-refractivity contribution in [2.24, 2.45) is 0 Å². The van der Waals surface area contributed by atoms with Gasteiger partial charge in [-0.1, -0.05) is 67.9 Å². The van der Waals surface area contributed by atoms with Crippen molar-refractivity contribution in [2.45, 2.75) is 57.1 Å². The van der Waals surface area contributed by atoms with Crippen molar-refractivity contribution < 1.29 is 18.0 Å². The van der Waals surface area contributed by atoms with Crippen LogP contribution in [0.25, 0.3) is 10.8 Å². The van der Waals surface area contributed by atoms with Crippen molar-refractivity contribution in [3.05, 3.63) is 77.3 Å². The molecule has 0 aromatic heterocycles. The van der Waals surface area contributed by atoms with E-state index in [1.807, 2.05) is 45.0 Å². The fourth-order valence-corrected chi connectivity index (χ4v) is 5.30. The van der Waals surface area contributed by atoms with Crippen LogP contribution in [0.2, 0.25) is 5.02 Å². The van der Waals surface area contributed by atoms with Gasteiger partial charge in [-0.3, -0.25) is 9.59 Å². The van der Waals surface area contributed by atoms with Crippen molar-refractivity contribution in [2.75, 3.05) is 13.6 Å². The number of rotatable bonds is 11. The molecule has 0 unspecified atom stereocenters. The molecule has 7 nitrogen and oxygen atoms in total. The average Bonchev–Trinajstić information content (AvgIpc) is 2.89. The van der Waals surface area contributed by atoms with Crippen LogP contribution in [0.5, 0.6) is 0 Å². The lowest BCUT2D eigenvalue weighted by molar-refractivity contribution is -0.141. The van der Waals surface area contributed by atoms with Gasteiger partial charge in [0.05, 0.1) is 11.4 Å². The van der Waals surface area contributed by atoms with Crippen LogP contribution in [0.3, 0.4) is 0 Å². The Hall–Kier alpha value is -2.94. The van der Waals surface area contributed by atoms with E-state index in [0.717, 1.165) is 27.1 Å². The van der Waals surface area contributed by atoms with Crippen LogP contribution >= 0.6 is 11.6 Å². The van der Waals surface area contributed by atoms with E-state index >= 15 is 0 Å². The minimum absolute atomic E-state index is 0.0509. The summed E-state index contributed by atoms with van der Waals surface area (Å²) < 4.78 is 27.7. The summed E-state index contributed by atoms with van der Waals surface area (Å²) in [6.07, 6.45) is 1.13. The lowest BCUT2D eigenvalue weighted by atomic mass is 10.1. The molecule has 37 heavy (non-hydrogen) atoms. The fraction of sp³-hybridized carbons (Fsp3) is 0.357. The van der Waals surface area contributed by atoms with Crippen LogP contribution < -0.4 is 5.32 Å². The molecule has 0 aliphatic rings. The molecule has 0 aliphatic heterocycles. The summed E-state index contributed by atoms with van der Waals surface area (Å²) >= 11 is 6.02. The van der Waals surface area contributed by atoms with Gasteiger partial charge in [0, 0.05) is 24.7 Å². The van der Waals surface area contributed by atoms with E-state index in [-0.39, 0.29) is 23.4 Å². The number of amides is 2. The maximum Gasteiger partial charge on any atom is 0.243 e. The van der Waals surface area contributed by atoms with Gasteiger partial charge in [0.25, 0.3) is 0 Å². The third-order valence-electron chi connectivity index (χ3n) is 6.44. The van der Waals surface area contributed by atoms with E-state index in [0.29, 0.717) is 11.4 Å². The molecular weight excluding hydrogens is 510 g/mol. The molecule has 1 N–H and O–H groups in total. The first-order valence-electron chi connectivity index (χ1n) is 12.4. The van der Waals surface area contributed by atoms with Gasteiger partial charge in [0.1, 0.15) is 6.04 Å². The Morgan fingerprint density at radius 2 is 1.59 bits per heavy atom. The minimum Gasteiger partial charge on any atom is -0.352 e. The second-order valence-electron chi connectivity index (χ2n) is 9.16. The van der Waals surface area contributed by atoms with Crippen LogP contribution in [-0.2, 0) is 26.2 Å². The Kier molecular flexibility index (Phi) is 9.70. The predicted molar refractivity (Wildman–Crippen MR) is 148 cm³/mol. The van der Waals surface area contributed by atoms with Gasteiger partial charge in [-0.25, -0.2) is 8.42 Å². The Bertz CT molecular complexity index is 1350. The SMILES string of the molecule is CC[C@@H](C)NC(=O)[C@@H](CC)N(Cc1ccc(Cl)cc1)C(=O)CN(C)S(=O)(=O)c1ccc2ccccc2c1. The normalized spacial score (nSPS) is 13.4. The van der Waals surface area contributed by atoms with E-state index in [9.17, 15) is 18.0 Å². The molecule has 3 aromatic rings. The molecule has 0 fully saturated rings. The topological polar surface area (TPSA) is 86.8 Å². The molecule has 0 radical (unpaired) electrons. The van der Waals surface area contributed by atoms with Crippen LogP contribution in [0, 0.1) is 0 Å². The summed E-state index contributed by atoms with van der Waals surface area (Å²) in [5.41, 5.74) is 0.785. The van der Waals surface area contributed by atoms with Gasteiger partial charge >= 0.3 is 0 Å². The number of carbonyl (C=O) groups excluding carboxylic acids is 2. The van der Waals surface area contributed by atoms with Gasteiger partial charge in [-0.2, -0.15) is 4.31 Å². The molecule has 198 valence electrons. The number of likely N-dealkylation sites (N-methyl/N-ethyl adjacent to an activating group) is 1. The number of hydrogen-bond acceptors (Lipinski definition) is 4. The number of benzene rings is 3.